The topological polar surface area (TPSA) is 47.6 Å². The number of amides is 1. The third-order valence-corrected chi connectivity index (χ3v) is 5.23. The first-order valence-electron chi connectivity index (χ1n) is 10.3. The number of ether oxygens (including phenoxy) is 2. The first-order valence-corrected chi connectivity index (χ1v) is 10.3. The van der Waals surface area contributed by atoms with Gasteiger partial charge in [0.05, 0.1) is 6.04 Å². The standard InChI is InChI=1S/C24H31NO3/c1-4-22(28-21-14-13-19-10-6-7-11-20(19)15-21)24(26)25-18(3)16-27-23-12-8-5-9-17(23)2/h5,8-9,12-15,18,22H,4,6-7,10-11,16H2,1-3H3,(H,25,26)/t18-,22-/m0/s1. The number of hydrogen-bond acceptors (Lipinski definition) is 3. The summed E-state index contributed by atoms with van der Waals surface area (Å²) in [6.45, 7) is 6.35. The molecule has 0 bridgehead atoms. The maximum Gasteiger partial charge on any atom is 0.261 e. The summed E-state index contributed by atoms with van der Waals surface area (Å²) in [5.74, 6) is 1.54. The maximum atomic E-state index is 12.7. The van der Waals surface area contributed by atoms with Crippen LogP contribution in [0.1, 0.15) is 49.8 Å². The Morgan fingerprint density at radius 1 is 1.11 bits per heavy atom. The van der Waals surface area contributed by atoms with Gasteiger partial charge in [0.25, 0.3) is 5.91 Å². The summed E-state index contributed by atoms with van der Waals surface area (Å²) in [5.41, 5.74) is 3.86. The number of nitrogens with one attached hydrogen (secondary N) is 1. The van der Waals surface area contributed by atoms with Crippen molar-refractivity contribution in [2.24, 2.45) is 0 Å². The fourth-order valence-electron chi connectivity index (χ4n) is 3.58. The highest BCUT2D eigenvalue weighted by molar-refractivity contribution is 5.81. The van der Waals surface area contributed by atoms with Gasteiger partial charge < -0.3 is 14.8 Å². The maximum absolute atomic E-state index is 12.7. The third kappa shape index (κ3) is 5.28. The number of hydrogen-bond donors (Lipinski definition) is 1. The molecule has 0 unspecified atom stereocenters. The summed E-state index contributed by atoms with van der Waals surface area (Å²) >= 11 is 0. The van der Waals surface area contributed by atoms with Crippen molar-refractivity contribution in [2.45, 2.75) is 65.0 Å². The van der Waals surface area contributed by atoms with Crippen molar-refractivity contribution in [3.05, 3.63) is 59.2 Å². The molecule has 2 atom stereocenters. The van der Waals surface area contributed by atoms with Gasteiger partial charge in [0.2, 0.25) is 0 Å². The second-order valence-electron chi connectivity index (χ2n) is 7.64. The second-order valence-corrected chi connectivity index (χ2v) is 7.64. The largest absolute Gasteiger partial charge is 0.491 e. The molecule has 0 saturated heterocycles. The van der Waals surface area contributed by atoms with Crippen LogP contribution >= 0.6 is 0 Å². The molecule has 0 heterocycles. The first kappa shape index (κ1) is 20.2. The Morgan fingerprint density at radius 2 is 1.86 bits per heavy atom. The van der Waals surface area contributed by atoms with Crippen LogP contribution in [0.2, 0.25) is 0 Å². The molecular formula is C24H31NO3. The summed E-state index contributed by atoms with van der Waals surface area (Å²) in [6, 6.07) is 14.0. The van der Waals surface area contributed by atoms with Gasteiger partial charge >= 0.3 is 0 Å². The predicted octanol–water partition coefficient (Wildman–Crippen LogP) is 4.61. The number of benzene rings is 2. The number of para-hydroxylation sites is 1. The van der Waals surface area contributed by atoms with Gasteiger partial charge in [-0.2, -0.15) is 0 Å². The number of aryl methyl sites for hydroxylation is 3. The molecular weight excluding hydrogens is 350 g/mol. The van der Waals surface area contributed by atoms with E-state index in [0.717, 1.165) is 29.9 Å². The third-order valence-electron chi connectivity index (χ3n) is 5.23. The van der Waals surface area contributed by atoms with Crippen LogP contribution in [0.15, 0.2) is 42.5 Å². The molecule has 28 heavy (non-hydrogen) atoms. The van der Waals surface area contributed by atoms with Crippen LogP contribution in [0, 0.1) is 6.92 Å². The smallest absolute Gasteiger partial charge is 0.261 e. The van der Waals surface area contributed by atoms with Gasteiger partial charge in [0.1, 0.15) is 18.1 Å². The lowest BCUT2D eigenvalue weighted by molar-refractivity contribution is -0.128. The van der Waals surface area contributed by atoms with E-state index < -0.39 is 6.10 Å². The van der Waals surface area contributed by atoms with Crippen LogP contribution in [0.3, 0.4) is 0 Å². The van der Waals surface area contributed by atoms with E-state index >= 15 is 0 Å². The number of carbonyl (C=O) groups is 1. The van der Waals surface area contributed by atoms with E-state index in [9.17, 15) is 4.79 Å². The van der Waals surface area contributed by atoms with E-state index in [2.05, 4.69) is 17.4 Å². The van der Waals surface area contributed by atoms with Crippen LogP contribution in [0.5, 0.6) is 11.5 Å². The van der Waals surface area contributed by atoms with Crippen LogP contribution in [-0.2, 0) is 17.6 Å². The predicted molar refractivity (Wildman–Crippen MR) is 112 cm³/mol. The Hall–Kier alpha value is -2.49. The number of rotatable bonds is 8. The van der Waals surface area contributed by atoms with Crippen LogP contribution in [-0.4, -0.2) is 24.7 Å². The highest BCUT2D eigenvalue weighted by atomic mass is 16.5. The fraction of sp³-hybridized carbons (Fsp3) is 0.458. The average Bonchev–Trinajstić information content (AvgIpc) is 2.71. The second kappa shape index (κ2) is 9.63. The normalized spacial score (nSPS) is 15.2. The van der Waals surface area contributed by atoms with E-state index in [1.807, 2.05) is 51.1 Å². The highest BCUT2D eigenvalue weighted by Crippen LogP contribution is 2.26. The molecule has 1 N–H and O–H groups in total. The van der Waals surface area contributed by atoms with E-state index in [0.29, 0.717) is 13.0 Å². The number of fused-ring (bicyclic) bond motifs is 1. The zero-order valence-corrected chi connectivity index (χ0v) is 17.2. The Morgan fingerprint density at radius 3 is 2.61 bits per heavy atom. The summed E-state index contributed by atoms with van der Waals surface area (Å²) in [7, 11) is 0. The van der Waals surface area contributed by atoms with Crippen LogP contribution < -0.4 is 14.8 Å². The van der Waals surface area contributed by atoms with Crippen molar-refractivity contribution in [1.82, 2.24) is 5.32 Å². The van der Waals surface area contributed by atoms with Crippen molar-refractivity contribution in [2.75, 3.05) is 6.61 Å². The van der Waals surface area contributed by atoms with Gasteiger partial charge in [-0.3, -0.25) is 4.79 Å². The minimum Gasteiger partial charge on any atom is -0.491 e. The zero-order chi connectivity index (χ0) is 19.9. The highest BCUT2D eigenvalue weighted by Gasteiger charge is 2.21. The van der Waals surface area contributed by atoms with Crippen LogP contribution in [0.4, 0.5) is 0 Å². The lowest BCUT2D eigenvalue weighted by Gasteiger charge is -2.22. The van der Waals surface area contributed by atoms with Crippen molar-refractivity contribution in [1.29, 1.82) is 0 Å². The van der Waals surface area contributed by atoms with Crippen molar-refractivity contribution >= 4 is 5.91 Å². The molecule has 1 aliphatic carbocycles. The molecule has 4 heteroatoms. The summed E-state index contributed by atoms with van der Waals surface area (Å²) in [4.78, 5) is 12.7. The molecule has 0 fully saturated rings. The SMILES string of the molecule is CC[C@H](Oc1ccc2c(c1)CCCC2)C(=O)N[C@@H](C)COc1ccccc1C. The van der Waals surface area contributed by atoms with Crippen molar-refractivity contribution < 1.29 is 14.3 Å². The van der Waals surface area contributed by atoms with E-state index in [1.54, 1.807) is 0 Å². The molecule has 2 aromatic rings. The Balaban J connectivity index is 1.53. The Bertz CT molecular complexity index is 802. The van der Waals surface area contributed by atoms with Gasteiger partial charge in [0.15, 0.2) is 6.10 Å². The summed E-state index contributed by atoms with van der Waals surface area (Å²) in [5, 5.41) is 3.01. The molecule has 0 saturated carbocycles. The lowest BCUT2D eigenvalue weighted by atomic mass is 9.92. The van der Waals surface area contributed by atoms with Gasteiger partial charge in [-0.25, -0.2) is 0 Å². The van der Waals surface area contributed by atoms with E-state index in [4.69, 9.17) is 9.47 Å². The molecule has 0 radical (unpaired) electrons. The number of carbonyl (C=O) groups excluding carboxylic acids is 1. The minimum atomic E-state index is -0.498. The van der Waals surface area contributed by atoms with Crippen molar-refractivity contribution in [3.63, 3.8) is 0 Å². The van der Waals surface area contributed by atoms with Crippen LogP contribution in [0.25, 0.3) is 0 Å². The monoisotopic (exact) mass is 381 g/mol. The minimum absolute atomic E-state index is 0.0962. The van der Waals surface area contributed by atoms with Gasteiger partial charge in [0, 0.05) is 0 Å². The Labute approximate surface area is 168 Å². The summed E-state index contributed by atoms with van der Waals surface area (Å²) in [6.07, 6.45) is 4.85. The molecule has 4 nitrogen and oxygen atoms in total. The molecule has 1 aliphatic rings. The first-order chi connectivity index (χ1) is 13.6. The van der Waals surface area contributed by atoms with Gasteiger partial charge in [-0.1, -0.05) is 31.2 Å². The molecule has 1 amide bonds. The molecule has 150 valence electrons. The molecule has 2 aromatic carbocycles. The van der Waals surface area contributed by atoms with Crippen molar-refractivity contribution in [3.8, 4) is 11.5 Å². The summed E-state index contributed by atoms with van der Waals surface area (Å²) < 4.78 is 11.9. The quantitative estimate of drug-likeness (QED) is 0.726. The molecule has 0 aromatic heterocycles. The zero-order valence-electron chi connectivity index (χ0n) is 17.2. The average molecular weight is 382 g/mol. The molecule has 0 spiro atoms. The van der Waals surface area contributed by atoms with Gasteiger partial charge in [-0.05, 0) is 80.8 Å². The molecule has 3 rings (SSSR count). The Kier molecular flexibility index (Phi) is 6.96. The molecule has 0 aliphatic heterocycles. The lowest BCUT2D eigenvalue weighted by Crippen LogP contribution is -2.44. The van der Waals surface area contributed by atoms with E-state index in [-0.39, 0.29) is 11.9 Å². The fourth-order valence-corrected chi connectivity index (χ4v) is 3.58. The van der Waals surface area contributed by atoms with Gasteiger partial charge in [-0.15, -0.1) is 0 Å². The van der Waals surface area contributed by atoms with E-state index in [1.165, 1.54) is 24.0 Å².